The van der Waals surface area contributed by atoms with E-state index < -0.39 is 9.84 Å². The molecule has 4 nitrogen and oxygen atoms in total. The Balaban J connectivity index is 2.11. The number of fused-ring (bicyclic) bond motifs is 1. The summed E-state index contributed by atoms with van der Waals surface area (Å²) in [6.45, 7) is 0.742. The Hall–Kier alpha value is -1.23. The van der Waals surface area contributed by atoms with Crippen LogP contribution in [-0.2, 0) is 9.84 Å². The highest BCUT2D eigenvalue weighted by Crippen LogP contribution is 2.45. The third kappa shape index (κ3) is 2.10. The van der Waals surface area contributed by atoms with Crippen molar-refractivity contribution >= 4 is 15.5 Å². The van der Waals surface area contributed by atoms with Crippen molar-refractivity contribution in [2.45, 2.75) is 30.6 Å². The van der Waals surface area contributed by atoms with E-state index in [4.69, 9.17) is 4.74 Å². The summed E-state index contributed by atoms with van der Waals surface area (Å²) in [4.78, 5) is 0.335. The lowest BCUT2D eigenvalue weighted by Gasteiger charge is -2.26. The largest absolute Gasteiger partial charge is 0.495 e. The second kappa shape index (κ2) is 4.40. The fourth-order valence-electron chi connectivity index (χ4n) is 3.39. The lowest BCUT2D eigenvalue weighted by Crippen LogP contribution is -2.31. The van der Waals surface area contributed by atoms with Crippen LogP contribution in [0.4, 0.5) is 5.69 Å². The highest BCUT2D eigenvalue weighted by atomic mass is 32.2. The molecule has 19 heavy (non-hydrogen) atoms. The fraction of sp³-hybridized carbons (Fsp3) is 0.571. The van der Waals surface area contributed by atoms with Gasteiger partial charge in [0.05, 0.1) is 18.6 Å². The van der Waals surface area contributed by atoms with Crippen LogP contribution >= 0.6 is 0 Å². The van der Waals surface area contributed by atoms with E-state index in [2.05, 4.69) is 5.32 Å². The summed E-state index contributed by atoms with van der Waals surface area (Å²) < 4.78 is 30.7. The molecule has 0 radical (unpaired) electrons. The Labute approximate surface area is 114 Å². The van der Waals surface area contributed by atoms with Crippen LogP contribution < -0.4 is 10.1 Å². The van der Waals surface area contributed by atoms with Gasteiger partial charge in [0.15, 0.2) is 9.84 Å². The van der Waals surface area contributed by atoms with Crippen LogP contribution in [0.15, 0.2) is 23.1 Å². The molecule has 0 bridgehead atoms. The summed E-state index contributed by atoms with van der Waals surface area (Å²) in [5.41, 5.74) is 0.589. The van der Waals surface area contributed by atoms with Crippen LogP contribution in [0.2, 0.25) is 0 Å². The zero-order chi connectivity index (χ0) is 13.5. The van der Waals surface area contributed by atoms with E-state index in [1.807, 2.05) is 12.1 Å². The minimum Gasteiger partial charge on any atom is -0.495 e. The second-order valence-corrected chi connectivity index (χ2v) is 7.58. The molecular formula is C14H19NO3S. The standard InChI is InChI=1S/C14H19NO3S/c1-18-12-6-4-5-11-13(12)19(16,17)10-14(9-15-11)7-2-3-8-14/h4-6,15H,2-3,7-10H2,1H3. The van der Waals surface area contributed by atoms with Gasteiger partial charge in [0.1, 0.15) is 10.6 Å². The van der Waals surface area contributed by atoms with Gasteiger partial charge in [0.25, 0.3) is 0 Å². The van der Waals surface area contributed by atoms with E-state index in [0.29, 0.717) is 16.3 Å². The van der Waals surface area contributed by atoms with Gasteiger partial charge in [-0.15, -0.1) is 0 Å². The summed E-state index contributed by atoms with van der Waals surface area (Å²) >= 11 is 0. The molecule has 5 heteroatoms. The van der Waals surface area contributed by atoms with E-state index in [1.54, 1.807) is 6.07 Å². The van der Waals surface area contributed by atoms with Gasteiger partial charge in [-0.1, -0.05) is 18.9 Å². The first kappa shape index (κ1) is 12.8. The van der Waals surface area contributed by atoms with Gasteiger partial charge in [-0.2, -0.15) is 0 Å². The van der Waals surface area contributed by atoms with Gasteiger partial charge >= 0.3 is 0 Å². The van der Waals surface area contributed by atoms with E-state index in [-0.39, 0.29) is 11.2 Å². The summed E-state index contributed by atoms with van der Waals surface area (Å²) in [6.07, 6.45) is 4.25. The molecule has 2 aliphatic rings. The van der Waals surface area contributed by atoms with Crippen LogP contribution in [0, 0.1) is 5.41 Å². The van der Waals surface area contributed by atoms with Gasteiger partial charge in [0, 0.05) is 12.0 Å². The number of hydrogen-bond donors (Lipinski definition) is 1. The SMILES string of the molecule is COc1cccc2c1S(=O)(=O)CC1(CCCC1)CN2. The average molecular weight is 281 g/mol. The molecule has 0 amide bonds. The zero-order valence-electron chi connectivity index (χ0n) is 11.1. The summed E-state index contributed by atoms with van der Waals surface area (Å²) in [6, 6.07) is 5.36. The molecule has 1 fully saturated rings. The number of hydrogen-bond acceptors (Lipinski definition) is 4. The van der Waals surface area contributed by atoms with Gasteiger partial charge < -0.3 is 10.1 Å². The normalized spacial score (nSPS) is 23.4. The number of rotatable bonds is 1. The molecule has 0 unspecified atom stereocenters. The molecule has 1 N–H and O–H groups in total. The van der Waals surface area contributed by atoms with Crippen molar-refractivity contribution in [3.05, 3.63) is 18.2 Å². The summed E-state index contributed by atoms with van der Waals surface area (Å²) in [5.74, 6) is 0.681. The van der Waals surface area contributed by atoms with Crippen molar-refractivity contribution in [1.29, 1.82) is 0 Å². The maximum Gasteiger partial charge on any atom is 0.184 e. The van der Waals surface area contributed by atoms with Crippen LogP contribution in [0.3, 0.4) is 0 Å². The van der Waals surface area contributed by atoms with E-state index >= 15 is 0 Å². The first-order valence-electron chi connectivity index (χ1n) is 6.70. The van der Waals surface area contributed by atoms with E-state index in [9.17, 15) is 8.42 Å². The molecule has 3 rings (SSSR count). The van der Waals surface area contributed by atoms with Gasteiger partial charge in [-0.05, 0) is 25.0 Å². The monoisotopic (exact) mass is 281 g/mol. The van der Waals surface area contributed by atoms with Crippen molar-refractivity contribution in [2.75, 3.05) is 24.7 Å². The molecule has 1 saturated carbocycles. The highest BCUT2D eigenvalue weighted by molar-refractivity contribution is 7.91. The molecule has 0 saturated heterocycles. The number of ether oxygens (including phenoxy) is 1. The molecule has 1 heterocycles. The predicted octanol–water partition coefficient (Wildman–Crippen LogP) is 2.45. The Morgan fingerprint density at radius 3 is 2.68 bits per heavy atom. The second-order valence-electron chi connectivity index (χ2n) is 5.66. The van der Waals surface area contributed by atoms with Gasteiger partial charge in [-0.25, -0.2) is 8.42 Å². The highest BCUT2D eigenvalue weighted by Gasteiger charge is 2.42. The predicted molar refractivity (Wildman–Crippen MR) is 74.4 cm³/mol. The molecular weight excluding hydrogens is 262 g/mol. The number of nitrogens with one attached hydrogen (secondary N) is 1. The third-order valence-electron chi connectivity index (χ3n) is 4.32. The molecule has 1 aromatic rings. The van der Waals surface area contributed by atoms with Crippen molar-refractivity contribution in [3.63, 3.8) is 0 Å². The first-order valence-corrected chi connectivity index (χ1v) is 8.35. The maximum atomic E-state index is 12.7. The molecule has 0 aromatic heterocycles. The molecule has 1 aliphatic carbocycles. The van der Waals surface area contributed by atoms with Crippen LogP contribution in [-0.4, -0.2) is 27.8 Å². The average Bonchev–Trinajstić information content (AvgIpc) is 2.79. The minimum atomic E-state index is -3.30. The summed E-state index contributed by atoms with van der Waals surface area (Å²) in [5, 5.41) is 3.33. The van der Waals surface area contributed by atoms with Gasteiger partial charge in [0.2, 0.25) is 0 Å². The quantitative estimate of drug-likeness (QED) is 0.859. The number of sulfone groups is 1. The Morgan fingerprint density at radius 1 is 1.26 bits per heavy atom. The molecule has 1 aromatic carbocycles. The molecule has 1 aliphatic heterocycles. The lowest BCUT2D eigenvalue weighted by molar-refractivity contribution is 0.365. The third-order valence-corrected chi connectivity index (χ3v) is 6.36. The smallest absolute Gasteiger partial charge is 0.184 e. The number of methoxy groups -OCH3 is 1. The minimum absolute atomic E-state index is 0.0944. The Morgan fingerprint density at radius 2 is 2.00 bits per heavy atom. The Kier molecular flexibility index (Phi) is 2.96. The van der Waals surface area contributed by atoms with Gasteiger partial charge in [-0.3, -0.25) is 0 Å². The van der Waals surface area contributed by atoms with Crippen molar-refractivity contribution in [1.82, 2.24) is 0 Å². The van der Waals surface area contributed by atoms with Crippen LogP contribution in [0.25, 0.3) is 0 Å². The molecule has 104 valence electrons. The van der Waals surface area contributed by atoms with E-state index in [1.165, 1.54) is 7.11 Å². The van der Waals surface area contributed by atoms with Crippen LogP contribution in [0.5, 0.6) is 5.75 Å². The van der Waals surface area contributed by atoms with Crippen molar-refractivity contribution < 1.29 is 13.2 Å². The van der Waals surface area contributed by atoms with Crippen LogP contribution in [0.1, 0.15) is 25.7 Å². The number of benzene rings is 1. The van der Waals surface area contributed by atoms with Crippen molar-refractivity contribution in [2.24, 2.45) is 5.41 Å². The molecule has 1 spiro atoms. The molecule has 0 atom stereocenters. The zero-order valence-corrected chi connectivity index (χ0v) is 11.9. The number of anilines is 1. The maximum absolute atomic E-state index is 12.7. The topological polar surface area (TPSA) is 55.4 Å². The lowest BCUT2D eigenvalue weighted by atomic mass is 9.88. The van der Waals surface area contributed by atoms with Crippen molar-refractivity contribution in [3.8, 4) is 5.75 Å². The van der Waals surface area contributed by atoms with E-state index in [0.717, 1.165) is 32.2 Å². The first-order chi connectivity index (χ1) is 9.06. The summed E-state index contributed by atoms with van der Waals surface area (Å²) in [7, 11) is -1.79. The fourth-order valence-corrected chi connectivity index (χ4v) is 5.67. The Bertz CT molecular complexity index is 589.